The highest BCUT2D eigenvalue weighted by Gasteiger charge is 2.30. The Labute approximate surface area is 119 Å². The Morgan fingerprint density at radius 3 is 2.45 bits per heavy atom. The van der Waals surface area contributed by atoms with E-state index in [1.54, 1.807) is 23.5 Å². The van der Waals surface area contributed by atoms with Gasteiger partial charge < -0.3 is 10.1 Å². The third-order valence-electron chi connectivity index (χ3n) is 2.74. The molecule has 0 radical (unpaired) electrons. The van der Waals surface area contributed by atoms with E-state index >= 15 is 0 Å². The van der Waals surface area contributed by atoms with Crippen LogP contribution in [0.25, 0.3) is 0 Å². The molecule has 0 saturated heterocycles. The van der Waals surface area contributed by atoms with E-state index in [2.05, 4.69) is 10.1 Å². The lowest BCUT2D eigenvalue weighted by molar-refractivity contribution is -0.274. The first-order valence-electron chi connectivity index (χ1n) is 6.05. The molecule has 1 unspecified atom stereocenters. The van der Waals surface area contributed by atoms with Crippen molar-refractivity contribution in [1.82, 2.24) is 5.32 Å². The van der Waals surface area contributed by atoms with Gasteiger partial charge in [-0.15, -0.1) is 24.5 Å². The fourth-order valence-corrected chi connectivity index (χ4v) is 2.48. The molecule has 1 heterocycles. The van der Waals surface area contributed by atoms with E-state index in [1.165, 1.54) is 17.0 Å². The summed E-state index contributed by atoms with van der Waals surface area (Å²) in [7, 11) is 0. The topological polar surface area (TPSA) is 21.3 Å². The van der Waals surface area contributed by atoms with Gasteiger partial charge in [-0.1, -0.05) is 18.2 Å². The van der Waals surface area contributed by atoms with Crippen LogP contribution in [0.2, 0.25) is 0 Å². The molecule has 2 nitrogen and oxygen atoms in total. The van der Waals surface area contributed by atoms with Gasteiger partial charge in [-0.05, 0) is 36.1 Å². The van der Waals surface area contributed by atoms with Gasteiger partial charge in [0, 0.05) is 17.5 Å². The number of rotatable bonds is 5. The summed E-state index contributed by atoms with van der Waals surface area (Å²) in [6, 6.07) is 10.1. The summed E-state index contributed by atoms with van der Waals surface area (Å²) in [5.41, 5.74) is 0.905. The van der Waals surface area contributed by atoms with Crippen molar-refractivity contribution in [2.45, 2.75) is 25.9 Å². The van der Waals surface area contributed by atoms with E-state index in [4.69, 9.17) is 0 Å². The van der Waals surface area contributed by atoms with Gasteiger partial charge in [0.15, 0.2) is 0 Å². The fraction of sp³-hybridized carbons (Fsp3) is 0.286. The summed E-state index contributed by atoms with van der Waals surface area (Å²) in [5.74, 6) is -0.201. The molecule has 108 valence electrons. The number of benzene rings is 1. The van der Waals surface area contributed by atoms with Crippen molar-refractivity contribution in [3.63, 3.8) is 0 Å². The van der Waals surface area contributed by atoms with Crippen LogP contribution < -0.4 is 10.1 Å². The highest BCUT2D eigenvalue weighted by Crippen LogP contribution is 2.23. The van der Waals surface area contributed by atoms with Gasteiger partial charge in [0.2, 0.25) is 0 Å². The molecule has 0 aliphatic rings. The Kier molecular flexibility index (Phi) is 4.67. The van der Waals surface area contributed by atoms with Gasteiger partial charge in [0.25, 0.3) is 0 Å². The van der Waals surface area contributed by atoms with Crippen molar-refractivity contribution >= 4 is 11.3 Å². The Hall–Kier alpha value is -1.53. The molecule has 0 saturated carbocycles. The number of hydrogen-bond acceptors (Lipinski definition) is 3. The molecule has 1 N–H and O–H groups in total. The van der Waals surface area contributed by atoms with E-state index in [0.29, 0.717) is 6.54 Å². The van der Waals surface area contributed by atoms with Crippen molar-refractivity contribution in [3.8, 4) is 5.75 Å². The van der Waals surface area contributed by atoms with Crippen molar-refractivity contribution in [1.29, 1.82) is 0 Å². The van der Waals surface area contributed by atoms with Gasteiger partial charge in [-0.25, -0.2) is 0 Å². The van der Waals surface area contributed by atoms with E-state index < -0.39 is 6.36 Å². The molecule has 0 fully saturated rings. The second-order valence-electron chi connectivity index (χ2n) is 4.31. The van der Waals surface area contributed by atoms with Crippen LogP contribution in [0, 0.1) is 0 Å². The SMILES string of the molecule is CC(NCc1ccc(OC(F)(F)F)cc1)c1cccs1. The lowest BCUT2D eigenvalue weighted by Crippen LogP contribution is -2.18. The first-order valence-corrected chi connectivity index (χ1v) is 6.93. The maximum Gasteiger partial charge on any atom is 0.573 e. The summed E-state index contributed by atoms with van der Waals surface area (Å²) in [5, 5.41) is 5.33. The first kappa shape index (κ1) is 14.9. The van der Waals surface area contributed by atoms with Crippen LogP contribution >= 0.6 is 11.3 Å². The zero-order valence-electron chi connectivity index (χ0n) is 10.8. The summed E-state index contributed by atoms with van der Waals surface area (Å²) < 4.78 is 39.9. The molecule has 2 rings (SSSR count). The number of hydrogen-bond donors (Lipinski definition) is 1. The van der Waals surface area contributed by atoms with Crippen molar-refractivity contribution in [2.24, 2.45) is 0 Å². The summed E-state index contributed by atoms with van der Waals surface area (Å²) >= 11 is 1.67. The molecule has 0 aliphatic heterocycles. The minimum Gasteiger partial charge on any atom is -0.406 e. The predicted molar refractivity (Wildman–Crippen MR) is 72.7 cm³/mol. The van der Waals surface area contributed by atoms with Crippen LogP contribution in [0.5, 0.6) is 5.75 Å². The summed E-state index contributed by atoms with van der Waals surface area (Å²) in [6.07, 6.45) is -4.65. The number of ether oxygens (including phenoxy) is 1. The van der Waals surface area contributed by atoms with Crippen molar-refractivity contribution in [3.05, 3.63) is 52.2 Å². The third kappa shape index (κ3) is 4.54. The summed E-state index contributed by atoms with van der Waals surface area (Å²) in [4.78, 5) is 1.22. The average Bonchev–Trinajstić information content (AvgIpc) is 2.89. The number of thiophene rings is 1. The van der Waals surface area contributed by atoms with Gasteiger partial charge in [-0.2, -0.15) is 0 Å². The van der Waals surface area contributed by atoms with E-state index in [0.717, 1.165) is 5.56 Å². The Bertz CT molecular complexity index is 522. The molecule has 6 heteroatoms. The van der Waals surface area contributed by atoms with Crippen LogP contribution in [0.4, 0.5) is 13.2 Å². The van der Waals surface area contributed by atoms with E-state index in [1.807, 2.05) is 24.4 Å². The molecule has 0 bridgehead atoms. The van der Waals surface area contributed by atoms with Crippen molar-refractivity contribution < 1.29 is 17.9 Å². The average molecular weight is 301 g/mol. The van der Waals surface area contributed by atoms with Crippen LogP contribution in [0.3, 0.4) is 0 Å². The molecule has 20 heavy (non-hydrogen) atoms. The zero-order valence-corrected chi connectivity index (χ0v) is 11.6. The standard InChI is InChI=1S/C14H14F3NOS/c1-10(13-3-2-8-20-13)18-9-11-4-6-12(7-5-11)19-14(15,16)17/h2-8,10,18H,9H2,1H3. The number of halogens is 3. The minimum atomic E-state index is -4.65. The van der Waals surface area contributed by atoms with Crippen LogP contribution in [0.1, 0.15) is 23.4 Å². The lowest BCUT2D eigenvalue weighted by atomic mass is 10.2. The zero-order chi connectivity index (χ0) is 14.6. The lowest BCUT2D eigenvalue weighted by Gasteiger charge is -2.13. The number of alkyl halides is 3. The third-order valence-corrected chi connectivity index (χ3v) is 3.79. The van der Waals surface area contributed by atoms with Gasteiger partial charge >= 0.3 is 6.36 Å². The van der Waals surface area contributed by atoms with E-state index in [-0.39, 0.29) is 11.8 Å². The van der Waals surface area contributed by atoms with Crippen LogP contribution in [0.15, 0.2) is 41.8 Å². The normalized spacial score (nSPS) is 13.2. The van der Waals surface area contributed by atoms with Gasteiger partial charge in [0.1, 0.15) is 5.75 Å². The largest absolute Gasteiger partial charge is 0.573 e. The van der Waals surface area contributed by atoms with Crippen LogP contribution in [-0.4, -0.2) is 6.36 Å². The molecule has 1 aromatic carbocycles. The Morgan fingerprint density at radius 2 is 1.90 bits per heavy atom. The monoisotopic (exact) mass is 301 g/mol. The molecule has 0 aliphatic carbocycles. The fourth-order valence-electron chi connectivity index (χ4n) is 1.72. The predicted octanol–water partition coefficient (Wildman–Crippen LogP) is 4.50. The smallest absolute Gasteiger partial charge is 0.406 e. The first-order chi connectivity index (χ1) is 9.44. The second-order valence-corrected chi connectivity index (χ2v) is 5.29. The highest BCUT2D eigenvalue weighted by atomic mass is 32.1. The maximum atomic E-state index is 12.0. The van der Waals surface area contributed by atoms with Crippen molar-refractivity contribution in [2.75, 3.05) is 0 Å². The molecule has 2 aromatic rings. The quantitative estimate of drug-likeness (QED) is 0.878. The van der Waals surface area contributed by atoms with E-state index in [9.17, 15) is 13.2 Å². The number of nitrogens with one attached hydrogen (secondary N) is 1. The molecular formula is C14H14F3NOS. The Balaban J connectivity index is 1.88. The minimum absolute atomic E-state index is 0.201. The molecule has 1 atom stereocenters. The molecule has 1 aromatic heterocycles. The Morgan fingerprint density at radius 1 is 1.20 bits per heavy atom. The van der Waals surface area contributed by atoms with Crippen LogP contribution in [-0.2, 0) is 6.54 Å². The molecular weight excluding hydrogens is 287 g/mol. The molecule has 0 amide bonds. The van der Waals surface area contributed by atoms with Gasteiger partial charge in [-0.3, -0.25) is 0 Å². The highest BCUT2D eigenvalue weighted by molar-refractivity contribution is 7.10. The molecule has 0 spiro atoms. The second kappa shape index (κ2) is 6.28. The maximum absolute atomic E-state index is 12.0. The van der Waals surface area contributed by atoms with Gasteiger partial charge in [0.05, 0.1) is 0 Å². The summed E-state index contributed by atoms with van der Waals surface area (Å²) in [6.45, 7) is 2.64.